The highest BCUT2D eigenvalue weighted by Gasteiger charge is 2.16. The molecule has 136 valence electrons. The first kappa shape index (κ1) is 19.4. The Labute approximate surface area is 154 Å². The molecular weight excluding hydrogens is 383 g/mol. The van der Waals surface area contributed by atoms with Crippen LogP contribution in [0.15, 0.2) is 53.6 Å². The fourth-order valence-electron chi connectivity index (χ4n) is 1.93. The molecule has 0 radical (unpaired) electrons. The highest BCUT2D eigenvalue weighted by Crippen LogP contribution is 2.21. The molecule has 26 heavy (non-hydrogen) atoms. The Balaban J connectivity index is 2.21. The van der Waals surface area contributed by atoms with Gasteiger partial charge < -0.3 is 16.5 Å². The maximum absolute atomic E-state index is 13.2. The van der Waals surface area contributed by atoms with Crippen molar-refractivity contribution in [3.05, 3.63) is 70.0 Å². The standard InChI is InChI=1S/C16H14ClFN4O3S/c17-14-7-11(4-5-15(14)18)21-16(23)10-2-1-3-12(6-10)22-26(24,25)13(8-19)9-20/h1-9,19,22H,20H2,(H,21,23)/b13-9+,19-8?. The Morgan fingerprint density at radius 2 is 1.92 bits per heavy atom. The minimum absolute atomic E-state index is 0.107. The van der Waals surface area contributed by atoms with E-state index >= 15 is 0 Å². The van der Waals surface area contributed by atoms with Gasteiger partial charge in [-0.1, -0.05) is 17.7 Å². The van der Waals surface area contributed by atoms with E-state index in [1.165, 1.54) is 36.4 Å². The van der Waals surface area contributed by atoms with Crippen LogP contribution >= 0.6 is 11.6 Å². The number of anilines is 2. The van der Waals surface area contributed by atoms with Crippen molar-refractivity contribution in [2.75, 3.05) is 10.0 Å². The van der Waals surface area contributed by atoms with E-state index in [2.05, 4.69) is 10.0 Å². The maximum atomic E-state index is 13.2. The number of amides is 1. The molecule has 0 spiro atoms. The molecule has 0 aromatic heterocycles. The molecule has 10 heteroatoms. The van der Waals surface area contributed by atoms with Crippen LogP contribution in [0.3, 0.4) is 0 Å². The summed E-state index contributed by atoms with van der Waals surface area (Å²) in [4.78, 5) is 11.9. The molecule has 0 heterocycles. The highest BCUT2D eigenvalue weighted by molar-refractivity contribution is 7.97. The van der Waals surface area contributed by atoms with E-state index in [0.29, 0.717) is 6.21 Å². The van der Waals surface area contributed by atoms with Crippen LogP contribution in [0.1, 0.15) is 10.4 Å². The van der Waals surface area contributed by atoms with Gasteiger partial charge in [0.15, 0.2) is 0 Å². The number of carbonyl (C=O) groups excluding carboxylic acids is 1. The first-order valence-electron chi connectivity index (χ1n) is 7.08. The van der Waals surface area contributed by atoms with Crippen LogP contribution in [-0.4, -0.2) is 20.5 Å². The van der Waals surface area contributed by atoms with E-state index in [1.54, 1.807) is 0 Å². The van der Waals surface area contributed by atoms with Gasteiger partial charge in [0.1, 0.15) is 10.7 Å². The molecular formula is C16H14ClFN4O3S. The molecule has 0 atom stereocenters. The van der Waals surface area contributed by atoms with Crippen molar-refractivity contribution < 1.29 is 17.6 Å². The van der Waals surface area contributed by atoms with Crippen LogP contribution in [0.4, 0.5) is 15.8 Å². The first-order valence-corrected chi connectivity index (χ1v) is 8.94. The summed E-state index contributed by atoms with van der Waals surface area (Å²) < 4.78 is 39.5. The number of carbonyl (C=O) groups is 1. The predicted octanol–water partition coefficient (Wildman–Crippen LogP) is 2.92. The summed E-state index contributed by atoms with van der Waals surface area (Å²) in [6, 6.07) is 9.38. The normalized spacial score (nSPS) is 11.7. The molecule has 0 bridgehead atoms. The van der Waals surface area contributed by atoms with Crippen LogP contribution in [0.25, 0.3) is 0 Å². The van der Waals surface area contributed by atoms with Gasteiger partial charge in [-0.3, -0.25) is 9.52 Å². The van der Waals surface area contributed by atoms with Crippen LogP contribution < -0.4 is 15.8 Å². The largest absolute Gasteiger partial charge is 0.403 e. The Kier molecular flexibility index (Phi) is 5.96. The molecule has 0 unspecified atom stereocenters. The number of rotatable bonds is 6. The summed E-state index contributed by atoms with van der Waals surface area (Å²) >= 11 is 5.66. The monoisotopic (exact) mass is 396 g/mol. The molecule has 0 saturated heterocycles. The van der Waals surface area contributed by atoms with E-state index in [4.69, 9.17) is 22.7 Å². The molecule has 0 aliphatic heterocycles. The lowest BCUT2D eigenvalue weighted by Gasteiger charge is -2.10. The summed E-state index contributed by atoms with van der Waals surface area (Å²) in [5, 5.41) is 9.44. The van der Waals surface area contributed by atoms with Crippen LogP contribution in [-0.2, 0) is 10.0 Å². The van der Waals surface area contributed by atoms with Gasteiger partial charge in [-0.05, 0) is 36.4 Å². The fourth-order valence-corrected chi connectivity index (χ4v) is 3.00. The van der Waals surface area contributed by atoms with Gasteiger partial charge in [-0.2, -0.15) is 0 Å². The second-order valence-electron chi connectivity index (χ2n) is 4.98. The number of nitrogens with two attached hydrogens (primary N) is 1. The maximum Gasteiger partial charge on any atom is 0.264 e. The van der Waals surface area contributed by atoms with Crippen molar-refractivity contribution in [1.82, 2.24) is 0 Å². The fraction of sp³-hybridized carbons (Fsp3) is 0. The van der Waals surface area contributed by atoms with Crippen molar-refractivity contribution >= 4 is 45.1 Å². The molecule has 1 amide bonds. The Hall–Kier alpha value is -2.91. The van der Waals surface area contributed by atoms with Gasteiger partial charge in [0.2, 0.25) is 0 Å². The lowest BCUT2D eigenvalue weighted by molar-refractivity contribution is 0.102. The number of hydrogen-bond acceptors (Lipinski definition) is 5. The third-order valence-electron chi connectivity index (χ3n) is 3.17. The van der Waals surface area contributed by atoms with Crippen LogP contribution in [0.5, 0.6) is 0 Å². The second-order valence-corrected chi connectivity index (χ2v) is 7.07. The summed E-state index contributed by atoms with van der Waals surface area (Å²) in [6.07, 6.45) is 1.38. The topological polar surface area (TPSA) is 125 Å². The molecule has 0 saturated carbocycles. The van der Waals surface area contributed by atoms with E-state index in [1.807, 2.05) is 0 Å². The van der Waals surface area contributed by atoms with Crippen molar-refractivity contribution in [2.45, 2.75) is 0 Å². The second kappa shape index (κ2) is 7.98. The van der Waals surface area contributed by atoms with Gasteiger partial charge in [0.25, 0.3) is 15.9 Å². The van der Waals surface area contributed by atoms with Gasteiger partial charge in [-0.15, -0.1) is 0 Å². The number of nitrogens with one attached hydrogen (secondary N) is 3. The van der Waals surface area contributed by atoms with Gasteiger partial charge in [0, 0.05) is 29.4 Å². The molecule has 0 aliphatic carbocycles. The third-order valence-corrected chi connectivity index (χ3v) is 4.84. The third kappa shape index (κ3) is 4.58. The summed E-state index contributed by atoms with van der Waals surface area (Å²) in [5.41, 5.74) is 5.72. The summed E-state index contributed by atoms with van der Waals surface area (Å²) in [6.45, 7) is 0. The minimum Gasteiger partial charge on any atom is -0.403 e. The summed E-state index contributed by atoms with van der Waals surface area (Å²) in [5.74, 6) is -1.16. The van der Waals surface area contributed by atoms with E-state index in [-0.39, 0.29) is 22.0 Å². The molecule has 7 nitrogen and oxygen atoms in total. The molecule has 5 N–H and O–H groups in total. The van der Waals surface area contributed by atoms with E-state index in [9.17, 15) is 17.6 Å². The van der Waals surface area contributed by atoms with E-state index < -0.39 is 26.7 Å². The van der Waals surface area contributed by atoms with Gasteiger partial charge in [0.05, 0.1) is 5.02 Å². The molecule has 0 aliphatic rings. The Morgan fingerprint density at radius 1 is 1.19 bits per heavy atom. The average molecular weight is 397 g/mol. The van der Waals surface area contributed by atoms with Crippen molar-refractivity contribution in [1.29, 1.82) is 5.41 Å². The lowest BCUT2D eigenvalue weighted by atomic mass is 10.2. The van der Waals surface area contributed by atoms with Crippen molar-refractivity contribution in [3.8, 4) is 0 Å². The van der Waals surface area contributed by atoms with E-state index in [0.717, 1.165) is 12.3 Å². The number of sulfonamides is 1. The number of halogens is 2. The van der Waals surface area contributed by atoms with Crippen LogP contribution in [0, 0.1) is 11.2 Å². The molecule has 2 aromatic carbocycles. The molecule has 2 aromatic rings. The Bertz CT molecular complexity index is 993. The number of hydrogen-bond donors (Lipinski definition) is 4. The minimum atomic E-state index is -4.04. The zero-order valence-corrected chi connectivity index (χ0v) is 14.7. The zero-order valence-electron chi connectivity index (χ0n) is 13.2. The quantitative estimate of drug-likeness (QED) is 0.560. The molecule has 0 fully saturated rings. The SMILES string of the molecule is N=C/C(=C\N)S(=O)(=O)Nc1cccc(C(=O)Nc2ccc(F)c(Cl)c2)c1. The lowest BCUT2D eigenvalue weighted by Crippen LogP contribution is -2.17. The number of allylic oxidation sites excluding steroid dienone is 1. The summed E-state index contributed by atoms with van der Waals surface area (Å²) in [7, 11) is -4.04. The average Bonchev–Trinajstić information content (AvgIpc) is 2.58. The van der Waals surface area contributed by atoms with Crippen LogP contribution in [0.2, 0.25) is 5.02 Å². The van der Waals surface area contributed by atoms with Crippen molar-refractivity contribution in [2.24, 2.45) is 5.73 Å². The zero-order chi connectivity index (χ0) is 19.3. The highest BCUT2D eigenvalue weighted by atomic mass is 35.5. The van der Waals surface area contributed by atoms with Crippen molar-refractivity contribution in [3.63, 3.8) is 0 Å². The number of benzene rings is 2. The predicted molar refractivity (Wildman–Crippen MR) is 99.4 cm³/mol. The van der Waals surface area contributed by atoms with Gasteiger partial charge in [-0.25, -0.2) is 12.8 Å². The molecule has 2 rings (SSSR count). The first-order chi connectivity index (χ1) is 12.3. The Morgan fingerprint density at radius 3 is 2.54 bits per heavy atom. The van der Waals surface area contributed by atoms with Gasteiger partial charge >= 0.3 is 0 Å². The smallest absolute Gasteiger partial charge is 0.264 e.